The highest BCUT2D eigenvalue weighted by atomic mass is 35.5. The number of aromatic hydroxyl groups is 1. The van der Waals surface area contributed by atoms with Crippen LogP contribution in [0.15, 0.2) is 47.4 Å². The number of aliphatic hydroxyl groups is 1. The number of hydrazine groups is 1. The van der Waals surface area contributed by atoms with Crippen molar-refractivity contribution in [3.05, 3.63) is 47.5 Å². The summed E-state index contributed by atoms with van der Waals surface area (Å²) in [7, 11) is -3.57. The zero-order valence-corrected chi connectivity index (χ0v) is 20.4. The predicted octanol–water partition coefficient (Wildman–Crippen LogP) is 4.21. The summed E-state index contributed by atoms with van der Waals surface area (Å²) in [5, 5.41) is 22.9. The molecule has 0 atom stereocenters. The summed E-state index contributed by atoms with van der Waals surface area (Å²) in [4.78, 5) is 0.494. The Hall–Kier alpha value is -2.48. The van der Waals surface area contributed by atoms with Gasteiger partial charge in [0.05, 0.1) is 34.6 Å². The number of rotatable bonds is 9. The van der Waals surface area contributed by atoms with E-state index in [9.17, 15) is 13.5 Å². The van der Waals surface area contributed by atoms with Crippen molar-refractivity contribution in [2.45, 2.75) is 4.90 Å². The smallest absolute Gasteiger partial charge is 0.229 e. The molecule has 33 heavy (non-hydrogen) atoms. The van der Waals surface area contributed by atoms with E-state index < -0.39 is 10.0 Å². The lowest BCUT2D eigenvalue weighted by Gasteiger charge is -2.18. The zero-order valence-electron chi connectivity index (χ0n) is 17.2. The second-order valence-electron chi connectivity index (χ2n) is 7.02. The summed E-state index contributed by atoms with van der Waals surface area (Å²) in [6, 6.07) is 12.0. The number of nitrogens with one attached hydrogen (secondary N) is 4. The molecule has 13 heteroatoms. The van der Waals surface area contributed by atoms with Gasteiger partial charge in [0.2, 0.25) is 10.0 Å². The van der Waals surface area contributed by atoms with E-state index >= 15 is 0 Å². The first-order valence-corrected chi connectivity index (χ1v) is 13.5. The molecule has 0 aliphatic rings. The third-order valence-electron chi connectivity index (χ3n) is 4.54. The molecule has 3 aromatic carbocycles. The molecule has 0 spiro atoms. The maximum atomic E-state index is 11.9. The van der Waals surface area contributed by atoms with Crippen molar-refractivity contribution in [2.75, 3.05) is 35.0 Å². The van der Waals surface area contributed by atoms with E-state index in [1.54, 1.807) is 36.4 Å². The van der Waals surface area contributed by atoms with Crippen molar-refractivity contribution in [1.82, 2.24) is 9.10 Å². The van der Waals surface area contributed by atoms with E-state index in [1.807, 2.05) is 6.07 Å². The largest absolute Gasteiger partial charge is 0.506 e. The van der Waals surface area contributed by atoms with Crippen LogP contribution in [-0.2, 0) is 10.0 Å². The van der Waals surface area contributed by atoms with Crippen LogP contribution in [0, 0.1) is 0 Å². The lowest BCUT2D eigenvalue weighted by molar-refractivity contribution is 0.302. The van der Waals surface area contributed by atoms with Gasteiger partial charge >= 0.3 is 0 Å². The second-order valence-corrected chi connectivity index (χ2v) is 10.9. The van der Waals surface area contributed by atoms with Crippen LogP contribution in [-0.4, -0.2) is 42.4 Å². The van der Waals surface area contributed by atoms with E-state index in [4.69, 9.17) is 16.7 Å². The van der Waals surface area contributed by atoms with Crippen LogP contribution in [0.25, 0.3) is 21.7 Å². The number of anilines is 3. The molecular weight excluding hydrogens is 506 g/mol. The van der Waals surface area contributed by atoms with Crippen molar-refractivity contribution >= 4 is 83.2 Å². The number of aliphatic hydroxyl groups excluding tert-OH is 1. The van der Waals surface area contributed by atoms with Crippen LogP contribution >= 0.6 is 35.1 Å². The first-order valence-electron chi connectivity index (χ1n) is 9.61. The Labute approximate surface area is 203 Å². The molecule has 0 amide bonds. The van der Waals surface area contributed by atoms with Gasteiger partial charge in [0.1, 0.15) is 10.8 Å². The van der Waals surface area contributed by atoms with Gasteiger partial charge in [-0.1, -0.05) is 23.7 Å². The molecule has 1 heterocycles. The molecule has 174 valence electrons. The van der Waals surface area contributed by atoms with Crippen LogP contribution in [0.3, 0.4) is 0 Å². The fraction of sp³-hybridized carbons (Fsp3) is 0.150. The predicted molar refractivity (Wildman–Crippen MR) is 137 cm³/mol. The maximum Gasteiger partial charge on any atom is 0.229 e. The van der Waals surface area contributed by atoms with Gasteiger partial charge < -0.3 is 10.2 Å². The average Bonchev–Trinajstić information content (AvgIpc) is 3.15. The van der Waals surface area contributed by atoms with Crippen LogP contribution in [0.1, 0.15) is 0 Å². The van der Waals surface area contributed by atoms with E-state index in [-0.39, 0.29) is 12.4 Å². The topological polar surface area (TPSA) is 136 Å². The molecule has 0 bridgehead atoms. The molecule has 4 aromatic rings. The number of halogens is 1. The van der Waals surface area contributed by atoms with Gasteiger partial charge in [-0.2, -0.15) is 4.37 Å². The Morgan fingerprint density at radius 2 is 1.94 bits per heavy atom. The van der Waals surface area contributed by atoms with Crippen molar-refractivity contribution in [2.24, 2.45) is 0 Å². The minimum Gasteiger partial charge on any atom is -0.506 e. The van der Waals surface area contributed by atoms with Gasteiger partial charge in [-0.15, -0.1) is 0 Å². The molecule has 9 nitrogen and oxygen atoms in total. The van der Waals surface area contributed by atoms with E-state index in [0.29, 0.717) is 38.6 Å². The van der Waals surface area contributed by atoms with Gasteiger partial charge in [0.25, 0.3) is 0 Å². The van der Waals surface area contributed by atoms with E-state index in [1.165, 1.54) is 11.5 Å². The molecule has 0 aliphatic carbocycles. The normalized spacial score (nSPS) is 11.7. The molecule has 6 N–H and O–H groups in total. The number of aromatic nitrogens is 1. The summed E-state index contributed by atoms with van der Waals surface area (Å²) >= 11 is 8.53. The Bertz CT molecular complexity index is 1430. The van der Waals surface area contributed by atoms with Crippen molar-refractivity contribution < 1.29 is 18.6 Å². The van der Waals surface area contributed by atoms with E-state index in [0.717, 1.165) is 34.1 Å². The van der Waals surface area contributed by atoms with Gasteiger partial charge in [0, 0.05) is 27.7 Å². The highest BCUT2D eigenvalue weighted by molar-refractivity contribution is 7.97. The van der Waals surface area contributed by atoms with Crippen LogP contribution in [0.5, 0.6) is 5.75 Å². The fourth-order valence-electron chi connectivity index (χ4n) is 3.21. The molecule has 0 saturated carbocycles. The monoisotopic (exact) mass is 525 g/mol. The number of sulfonamides is 1. The number of nitrogens with zero attached hydrogens (tertiary/aromatic N) is 1. The SMILES string of the molecule is CS(=O)(=O)Nc1cccc2c(O)c(SNCCO)cc(NNc3snc4ccc(Cl)cc34)c12. The van der Waals surface area contributed by atoms with Crippen molar-refractivity contribution in [3.8, 4) is 5.75 Å². The maximum absolute atomic E-state index is 11.9. The van der Waals surface area contributed by atoms with Crippen LogP contribution < -0.4 is 20.3 Å². The average molecular weight is 526 g/mol. The fourth-order valence-corrected chi connectivity index (χ4v) is 5.39. The van der Waals surface area contributed by atoms with Gasteiger partial charge in [-0.3, -0.25) is 20.3 Å². The van der Waals surface area contributed by atoms with E-state index in [2.05, 4.69) is 24.7 Å². The molecule has 0 unspecified atom stereocenters. The lowest BCUT2D eigenvalue weighted by atomic mass is 10.1. The highest BCUT2D eigenvalue weighted by Crippen LogP contribution is 2.42. The Morgan fingerprint density at radius 3 is 2.70 bits per heavy atom. The lowest BCUT2D eigenvalue weighted by Crippen LogP contribution is -2.13. The second kappa shape index (κ2) is 9.79. The summed E-state index contributed by atoms with van der Waals surface area (Å²) < 4.78 is 33.7. The molecular formula is C20H20ClN5O4S3. The Balaban J connectivity index is 1.79. The van der Waals surface area contributed by atoms with Crippen molar-refractivity contribution in [1.29, 1.82) is 0 Å². The first-order chi connectivity index (χ1) is 15.8. The number of hydrogen-bond acceptors (Lipinski definition) is 10. The molecule has 1 aromatic heterocycles. The zero-order chi connectivity index (χ0) is 23.6. The molecule has 0 fully saturated rings. The number of phenols is 1. The standard InChI is InChI=1S/C20H20ClN5O4S3/c1-33(29,30)26-15-4-2-3-12-18(15)16(10-17(19(12)28)31-22-7-8-27)23-24-20-13-9-11(21)5-6-14(13)25-32-20/h2-6,9-10,22-24,26-28H,7-8H2,1H3. The summed E-state index contributed by atoms with van der Waals surface area (Å²) in [5.74, 6) is -0.0156. The number of fused-ring (bicyclic) bond motifs is 2. The Kier molecular flexibility index (Phi) is 7.02. The quantitative estimate of drug-likeness (QED) is 0.0821. The third kappa shape index (κ3) is 5.37. The number of hydrogen-bond donors (Lipinski definition) is 6. The minimum absolute atomic E-state index is 0.0156. The summed E-state index contributed by atoms with van der Waals surface area (Å²) in [5.41, 5.74) is 7.87. The molecule has 0 radical (unpaired) electrons. The minimum atomic E-state index is -3.57. The molecule has 4 rings (SSSR count). The molecule has 0 aliphatic heterocycles. The third-order valence-corrected chi connectivity index (χ3v) is 7.04. The van der Waals surface area contributed by atoms with Gasteiger partial charge in [-0.05, 0) is 53.8 Å². The van der Waals surface area contributed by atoms with Gasteiger partial charge in [0.15, 0.2) is 0 Å². The highest BCUT2D eigenvalue weighted by Gasteiger charge is 2.17. The summed E-state index contributed by atoms with van der Waals surface area (Å²) in [6.45, 7) is 0.268. The first kappa shape index (κ1) is 23.7. The van der Waals surface area contributed by atoms with Crippen LogP contribution in [0.4, 0.5) is 16.4 Å². The van der Waals surface area contributed by atoms with Crippen molar-refractivity contribution in [3.63, 3.8) is 0 Å². The number of phenolic OH excluding ortho intramolecular Hbond substituents is 1. The summed E-state index contributed by atoms with van der Waals surface area (Å²) in [6.07, 6.45) is 1.06. The molecule has 0 saturated heterocycles. The Morgan fingerprint density at radius 1 is 1.12 bits per heavy atom. The van der Waals surface area contributed by atoms with Crippen LogP contribution in [0.2, 0.25) is 5.02 Å². The number of benzene rings is 3. The van der Waals surface area contributed by atoms with Gasteiger partial charge in [-0.25, -0.2) is 8.42 Å².